The summed E-state index contributed by atoms with van der Waals surface area (Å²) >= 11 is 0. The van der Waals surface area contributed by atoms with Crippen LogP contribution in [0.2, 0.25) is 0 Å². The highest BCUT2D eigenvalue weighted by atomic mass is 32.2. The number of rotatable bonds is 14. The molecule has 83 heavy (non-hydrogen) atoms. The van der Waals surface area contributed by atoms with E-state index < -0.39 is 26.1 Å². The Morgan fingerprint density at radius 1 is 0.482 bits per heavy atom. The maximum absolute atomic E-state index is 14.1. The molecule has 0 aliphatic carbocycles. The van der Waals surface area contributed by atoms with Crippen molar-refractivity contribution in [2.24, 2.45) is 0 Å². The number of hydrogen-bond donors (Lipinski definition) is 6. The predicted octanol–water partition coefficient (Wildman–Crippen LogP) is 7.60. The Labute approximate surface area is 479 Å². The smallest absolute Gasteiger partial charge is 0.243 e. The van der Waals surface area contributed by atoms with E-state index in [2.05, 4.69) is 30.6 Å². The van der Waals surface area contributed by atoms with Gasteiger partial charge in [0.05, 0.1) is 51.3 Å². The van der Waals surface area contributed by atoms with Crippen LogP contribution in [0.5, 0.6) is 23.0 Å². The van der Waals surface area contributed by atoms with Crippen LogP contribution in [-0.2, 0) is 20.0 Å². The fraction of sp³-hybridized carbons (Fsp3) is 0.200. The average Bonchev–Trinajstić information content (AvgIpc) is 4.11. The summed E-state index contributed by atoms with van der Waals surface area (Å²) in [7, 11) is -7.73. The molecular formula is C60H57N13O8S2. The lowest BCUT2D eigenvalue weighted by Gasteiger charge is -2.40. The molecule has 3 aliphatic heterocycles. The Morgan fingerprint density at radius 2 is 1.01 bits per heavy atom. The number of nitrogens with two attached hydrogens (primary N) is 3. The molecule has 6 heterocycles. The first-order valence-electron chi connectivity index (χ1n) is 26.8. The summed E-state index contributed by atoms with van der Waals surface area (Å²) in [5, 5.41) is 57.3. The molecule has 2 unspecified atom stereocenters. The molecule has 422 valence electrons. The number of phenolic OH excluding ortho intramolecular Hbond substituents is 3. The van der Waals surface area contributed by atoms with Crippen molar-refractivity contribution in [3.63, 3.8) is 0 Å². The summed E-state index contributed by atoms with van der Waals surface area (Å²) in [5.41, 5.74) is 26.5. The molecule has 23 heteroatoms. The number of nitrogens with zero attached hydrogens (tertiary/aromatic N) is 10. The Morgan fingerprint density at radius 3 is 1.60 bits per heavy atom. The molecule has 21 nitrogen and oxygen atoms in total. The molecule has 3 aliphatic rings. The van der Waals surface area contributed by atoms with E-state index in [1.165, 1.54) is 8.61 Å². The number of nitrogen functional groups attached to an aromatic ring is 3. The van der Waals surface area contributed by atoms with Gasteiger partial charge in [0, 0.05) is 66.9 Å². The van der Waals surface area contributed by atoms with Crippen molar-refractivity contribution >= 4 is 48.9 Å². The van der Waals surface area contributed by atoms with Crippen LogP contribution in [0.15, 0.2) is 168 Å². The number of benzene rings is 6. The van der Waals surface area contributed by atoms with E-state index >= 15 is 0 Å². The van der Waals surface area contributed by atoms with Crippen molar-refractivity contribution in [3.8, 4) is 79.0 Å². The largest absolute Gasteiger partial charge is 0.507 e. The van der Waals surface area contributed by atoms with Crippen LogP contribution >= 0.6 is 0 Å². The van der Waals surface area contributed by atoms with Gasteiger partial charge in [-0.1, -0.05) is 66.7 Å². The van der Waals surface area contributed by atoms with Gasteiger partial charge in [-0.2, -0.15) is 8.61 Å². The summed E-state index contributed by atoms with van der Waals surface area (Å²) in [4.78, 5) is 4.32. The third-order valence-corrected chi connectivity index (χ3v) is 19.4. The second-order valence-corrected chi connectivity index (χ2v) is 24.6. The highest BCUT2D eigenvalue weighted by molar-refractivity contribution is 7.89. The van der Waals surface area contributed by atoms with Crippen molar-refractivity contribution in [1.29, 1.82) is 0 Å². The van der Waals surface area contributed by atoms with E-state index in [0.29, 0.717) is 100 Å². The molecule has 0 spiro atoms. The van der Waals surface area contributed by atoms with Crippen molar-refractivity contribution in [2.75, 3.05) is 72.8 Å². The monoisotopic (exact) mass is 1150 g/mol. The summed E-state index contributed by atoms with van der Waals surface area (Å²) in [6.45, 7) is 4.29. The number of anilines is 5. The lowest BCUT2D eigenvalue weighted by molar-refractivity contribution is 0.167. The molecule has 0 bridgehead atoms. The second kappa shape index (κ2) is 21.8. The van der Waals surface area contributed by atoms with Gasteiger partial charge in [-0.25, -0.2) is 16.8 Å². The Hall–Kier alpha value is -9.42. The lowest BCUT2D eigenvalue weighted by Crippen LogP contribution is -2.54. The lowest BCUT2D eigenvalue weighted by atomic mass is 9.97. The first-order chi connectivity index (χ1) is 40.0. The number of ether oxygens (including phenoxy) is 1. The summed E-state index contributed by atoms with van der Waals surface area (Å²) in [6, 6.07) is 44.6. The minimum absolute atomic E-state index is 0.0520. The quantitative estimate of drug-likeness (QED) is 0.0610. The topological polar surface area (TPSA) is 307 Å². The average molecular weight is 1150 g/mol. The van der Waals surface area contributed by atoms with Gasteiger partial charge in [0.2, 0.25) is 20.0 Å². The normalized spacial score (nSPS) is 17.1. The number of phenols is 3. The first-order valence-corrected chi connectivity index (χ1v) is 29.7. The molecule has 3 aromatic heterocycles. The third-order valence-electron chi connectivity index (χ3n) is 15.5. The van der Waals surface area contributed by atoms with E-state index in [9.17, 15) is 32.2 Å². The van der Waals surface area contributed by atoms with Gasteiger partial charge in [0.1, 0.15) is 34.9 Å². The molecule has 12 rings (SSSR count). The number of sulfonamides is 2. The van der Waals surface area contributed by atoms with Gasteiger partial charge >= 0.3 is 0 Å². The molecular weight excluding hydrogens is 1090 g/mol. The van der Waals surface area contributed by atoms with E-state index in [1.807, 2.05) is 47.1 Å². The molecule has 2 atom stereocenters. The Kier molecular flexibility index (Phi) is 14.2. The third kappa shape index (κ3) is 10.6. The molecule has 9 N–H and O–H groups in total. The molecule has 3 fully saturated rings. The zero-order valence-electron chi connectivity index (χ0n) is 44.8. The summed E-state index contributed by atoms with van der Waals surface area (Å²) in [5.74, 6) is 1.12. The number of piperazine rings is 1. The van der Waals surface area contributed by atoms with Crippen LogP contribution in [0.3, 0.4) is 0 Å². The summed E-state index contributed by atoms with van der Waals surface area (Å²) < 4.78 is 65.3. The van der Waals surface area contributed by atoms with Gasteiger partial charge in [0.15, 0.2) is 11.6 Å². The SMILES string of the molecule is CC1CN(c2cc(-c3ccccc3O)nnc2N)CCN1S(=O)(=O)c1ccc(-c2cccc(OC3CN(c4cc(-c5ccc(-c6ccc(S(=O)(=O)N7CCC(c8cc(-c9ccccc9O)nnc8N)C7)cc6)cc5O)nnc4N)C3)c2)cc1. The van der Waals surface area contributed by atoms with Gasteiger partial charge in [-0.05, 0) is 127 Å². The molecule has 6 aromatic carbocycles. The highest BCUT2D eigenvalue weighted by Crippen LogP contribution is 2.40. The minimum Gasteiger partial charge on any atom is -0.507 e. The minimum atomic E-state index is -3.87. The van der Waals surface area contributed by atoms with Crippen LogP contribution in [0.25, 0.3) is 56.0 Å². The molecule has 3 saturated heterocycles. The van der Waals surface area contributed by atoms with E-state index in [0.717, 1.165) is 11.1 Å². The van der Waals surface area contributed by atoms with Crippen molar-refractivity contribution in [1.82, 2.24) is 39.2 Å². The maximum Gasteiger partial charge on any atom is 0.243 e. The predicted molar refractivity (Wildman–Crippen MR) is 316 cm³/mol. The number of hydrogen-bond acceptors (Lipinski definition) is 19. The van der Waals surface area contributed by atoms with Crippen LogP contribution in [0, 0.1) is 0 Å². The van der Waals surface area contributed by atoms with Crippen molar-refractivity contribution < 1.29 is 36.9 Å². The van der Waals surface area contributed by atoms with Gasteiger partial charge in [0.25, 0.3) is 0 Å². The van der Waals surface area contributed by atoms with E-state index in [1.54, 1.807) is 127 Å². The Balaban J connectivity index is 0.652. The molecule has 9 aromatic rings. The maximum atomic E-state index is 14.1. The van der Waals surface area contributed by atoms with Gasteiger partial charge in [-0.3, -0.25) is 0 Å². The number of para-hydroxylation sites is 2. The summed E-state index contributed by atoms with van der Waals surface area (Å²) in [6.07, 6.45) is 0.344. The van der Waals surface area contributed by atoms with Crippen LogP contribution in [-0.4, -0.2) is 129 Å². The number of aromatic nitrogens is 6. The van der Waals surface area contributed by atoms with Gasteiger partial charge < -0.3 is 47.1 Å². The zero-order valence-corrected chi connectivity index (χ0v) is 46.4. The van der Waals surface area contributed by atoms with Crippen molar-refractivity contribution in [2.45, 2.75) is 41.2 Å². The molecule has 0 saturated carbocycles. The fourth-order valence-corrected chi connectivity index (χ4v) is 14.1. The molecule has 0 radical (unpaired) electrons. The van der Waals surface area contributed by atoms with Crippen LogP contribution in [0.4, 0.5) is 28.8 Å². The second-order valence-electron chi connectivity index (χ2n) is 20.8. The first kappa shape index (κ1) is 54.2. The molecule has 0 amide bonds. The Bertz CT molecular complexity index is 4170. The van der Waals surface area contributed by atoms with E-state index in [-0.39, 0.29) is 76.1 Å². The zero-order chi connectivity index (χ0) is 57.7. The van der Waals surface area contributed by atoms with Crippen LogP contribution in [0.1, 0.15) is 24.8 Å². The highest BCUT2D eigenvalue weighted by Gasteiger charge is 2.37. The fourth-order valence-electron chi connectivity index (χ4n) is 11.0. The van der Waals surface area contributed by atoms with E-state index in [4.69, 9.17) is 21.9 Å². The van der Waals surface area contributed by atoms with Gasteiger partial charge in [-0.15, -0.1) is 30.6 Å². The van der Waals surface area contributed by atoms with Crippen molar-refractivity contribution in [3.05, 3.63) is 163 Å². The van der Waals surface area contributed by atoms with Crippen LogP contribution < -0.4 is 31.7 Å². The number of aromatic hydroxyl groups is 3. The standard InChI is InChI=1S/C60H57N13O8S2/c1-36-32-70(53-30-51(65-68-59(53)62)47-10-3-5-12-56(47)75)25-26-73(36)83(79,80)45-20-15-37(16-21-45)39-7-6-8-42(27-39)81-43-34-71(35-43)54-31-52(66-69-60(54)63)48-22-17-40(28-57(48)76)38-13-18-44(19-14-38)82(77,78)72-24-23-41(33-72)49-29-50(64-67-58(49)61)46-9-2-4-11-55(46)74/h2-22,27-31,36,41,43,74-76H,23-26,32-35H2,1H3,(H2,61,67)(H2,62,68)(H2,63,69).